The number of carboxylic acids is 1. The maximum Gasteiger partial charge on any atom is 0.307 e. The third-order valence-corrected chi connectivity index (χ3v) is 2.98. The van der Waals surface area contributed by atoms with Crippen molar-refractivity contribution < 1.29 is 18.7 Å². The van der Waals surface area contributed by atoms with Gasteiger partial charge in [-0.15, -0.1) is 0 Å². The number of carbonyl (C=O) groups is 1. The lowest BCUT2D eigenvalue weighted by molar-refractivity contribution is -0.136. The third kappa shape index (κ3) is 1.57. The largest absolute Gasteiger partial charge is 0.481 e. The normalized spacial score (nSPS) is 11.4. The molecule has 0 aliphatic carbocycles. The van der Waals surface area contributed by atoms with Crippen molar-refractivity contribution in [1.29, 1.82) is 0 Å². The second-order valence-electron chi connectivity index (χ2n) is 4.47. The fraction of sp³-hybridized carbons (Fsp3) is 0.214. The van der Waals surface area contributed by atoms with Gasteiger partial charge in [-0.3, -0.25) is 4.79 Å². The van der Waals surface area contributed by atoms with Crippen LogP contribution in [0.4, 0.5) is 0 Å². The lowest BCUT2D eigenvalue weighted by Crippen LogP contribution is -2.00. The molecule has 0 saturated heterocycles. The summed E-state index contributed by atoms with van der Waals surface area (Å²) in [6, 6.07) is 5.63. The van der Waals surface area contributed by atoms with E-state index in [1.165, 1.54) is 0 Å². The van der Waals surface area contributed by atoms with Gasteiger partial charge in [-0.1, -0.05) is 0 Å². The first kappa shape index (κ1) is 10.9. The maximum absolute atomic E-state index is 11.0. The van der Waals surface area contributed by atoms with E-state index in [2.05, 4.69) is 0 Å². The average molecular weight is 244 g/mol. The lowest BCUT2D eigenvalue weighted by atomic mass is 10.0. The number of rotatable bonds is 2. The summed E-state index contributed by atoms with van der Waals surface area (Å²) >= 11 is 0. The van der Waals surface area contributed by atoms with E-state index in [1.807, 2.05) is 32.0 Å². The minimum atomic E-state index is -0.878. The molecule has 0 saturated carbocycles. The first-order chi connectivity index (χ1) is 8.54. The van der Waals surface area contributed by atoms with Crippen molar-refractivity contribution >= 4 is 27.9 Å². The van der Waals surface area contributed by atoms with E-state index in [1.54, 1.807) is 0 Å². The fourth-order valence-electron chi connectivity index (χ4n) is 2.34. The Hall–Kier alpha value is -2.23. The molecule has 0 unspecified atom stereocenters. The van der Waals surface area contributed by atoms with E-state index in [0.29, 0.717) is 16.7 Å². The van der Waals surface area contributed by atoms with Gasteiger partial charge in [-0.05, 0) is 32.0 Å². The van der Waals surface area contributed by atoms with Gasteiger partial charge < -0.3 is 13.9 Å². The van der Waals surface area contributed by atoms with Crippen LogP contribution in [0.5, 0.6) is 0 Å². The van der Waals surface area contributed by atoms with E-state index in [4.69, 9.17) is 13.9 Å². The summed E-state index contributed by atoms with van der Waals surface area (Å²) in [5.41, 5.74) is 2.03. The van der Waals surface area contributed by atoms with Crippen molar-refractivity contribution in [2.45, 2.75) is 20.3 Å². The van der Waals surface area contributed by atoms with Gasteiger partial charge in [0.05, 0.1) is 6.42 Å². The Balaban J connectivity index is 2.43. The SMILES string of the molecule is Cc1cc2c(CC(=O)O)c3oc(C)cc3cc2o1. The summed E-state index contributed by atoms with van der Waals surface area (Å²) in [7, 11) is 0. The molecule has 0 aliphatic rings. The molecule has 0 amide bonds. The third-order valence-electron chi connectivity index (χ3n) is 2.98. The van der Waals surface area contributed by atoms with Crippen LogP contribution in [0.25, 0.3) is 21.9 Å². The van der Waals surface area contributed by atoms with Gasteiger partial charge in [-0.2, -0.15) is 0 Å². The molecule has 1 aromatic carbocycles. The van der Waals surface area contributed by atoms with Crippen molar-refractivity contribution in [3.8, 4) is 0 Å². The van der Waals surface area contributed by atoms with Gasteiger partial charge in [0.2, 0.25) is 0 Å². The summed E-state index contributed by atoms with van der Waals surface area (Å²) < 4.78 is 11.2. The van der Waals surface area contributed by atoms with E-state index in [-0.39, 0.29) is 6.42 Å². The summed E-state index contributed by atoms with van der Waals surface area (Å²) in [5, 5.41) is 10.7. The number of hydrogen-bond donors (Lipinski definition) is 1. The number of hydrogen-bond acceptors (Lipinski definition) is 3. The molecule has 0 aliphatic heterocycles. The van der Waals surface area contributed by atoms with Crippen LogP contribution in [0, 0.1) is 13.8 Å². The van der Waals surface area contributed by atoms with Crippen LogP contribution in [0.2, 0.25) is 0 Å². The van der Waals surface area contributed by atoms with Crippen LogP contribution in [-0.2, 0) is 11.2 Å². The summed E-state index contributed by atoms with van der Waals surface area (Å²) in [5.74, 6) is 0.652. The number of benzene rings is 1. The Bertz CT molecular complexity index is 706. The lowest BCUT2D eigenvalue weighted by Gasteiger charge is -2.00. The average Bonchev–Trinajstić information content (AvgIpc) is 2.79. The molecule has 18 heavy (non-hydrogen) atoms. The molecule has 0 spiro atoms. The molecule has 0 bridgehead atoms. The second-order valence-corrected chi connectivity index (χ2v) is 4.47. The molecule has 2 heterocycles. The predicted molar refractivity (Wildman–Crippen MR) is 66.8 cm³/mol. The molecule has 4 heteroatoms. The van der Waals surface area contributed by atoms with Crippen LogP contribution >= 0.6 is 0 Å². The van der Waals surface area contributed by atoms with Crippen molar-refractivity contribution in [3.63, 3.8) is 0 Å². The Morgan fingerprint density at radius 2 is 1.89 bits per heavy atom. The molecule has 0 radical (unpaired) electrons. The Labute approximate surface area is 103 Å². The monoisotopic (exact) mass is 244 g/mol. The summed E-state index contributed by atoms with van der Waals surface area (Å²) in [4.78, 5) is 11.0. The highest BCUT2D eigenvalue weighted by atomic mass is 16.4. The molecule has 2 aromatic heterocycles. The van der Waals surface area contributed by atoms with E-state index >= 15 is 0 Å². The highest BCUT2D eigenvalue weighted by Crippen LogP contribution is 2.32. The summed E-state index contributed by atoms with van der Waals surface area (Å²) in [6.07, 6.45) is -0.0697. The van der Waals surface area contributed by atoms with Gasteiger partial charge >= 0.3 is 5.97 Å². The van der Waals surface area contributed by atoms with Crippen LogP contribution in [0.1, 0.15) is 17.1 Å². The highest BCUT2D eigenvalue weighted by molar-refractivity contribution is 6.00. The second kappa shape index (κ2) is 3.63. The van der Waals surface area contributed by atoms with E-state index < -0.39 is 5.97 Å². The van der Waals surface area contributed by atoms with Crippen molar-refractivity contribution in [3.05, 3.63) is 35.3 Å². The quantitative estimate of drug-likeness (QED) is 0.750. The maximum atomic E-state index is 11.0. The Morgan fingerprint density at radius 3 is 2.61 bits per heavy atom. The van der Waals surface area contributed by atoms with Crippen LogP contribution in [0.15, 0.2) is 27.0 Å². The van der Waals surface area contributed by atoms with E-state index in [9.17, 15) is 4.79 Å². The van der Waals surface area contributed by atoms with Crippen LogP contribution < -0.4 is 0 Å². The molecule has 92 valence electrons. The molecule has 3 aromatic rings. The molecular weight excluding hydrogens is 232 g/mol. The number of fused-ring (bicyclic) bond motifs is 2. The molecule has 4 nitrogen and oxygen atoms in total. The van der Waals surface area contributed by atoms with Crippen molar-refractivity contribution in [2.75, 3.05) is 0 Å². The van der Waals surface area contributed by atoms with E-state index in [0.717, 1.165) is 22.3 Å². The number of carboxylic acid groups (broad SMARTS) is 1. The zero-order valence-electron chi connectivity index (χ0n) is 10.1. The van der Waals surface area contributed by atoms with Crippen LogP contribution in [0.3, 0.4) is 0 Å². The smallest absolute Gasteiger partial charge is 0.307 e. The number of furan rings is 2. The molecule has 0 fully saturated rings. The Kier molecular flexibility index (Phi) is 2.20. The van der Waals surface area contributed by atoms with Gasteiger partial charge in [0, 0.05) is 16.3 Å². The zero-order chi connectivity index (χ0) is 12.9. The standard InChI is InChI=1S/C14H12O4/c1-7-3-9-5-12-10(4-8(2)17-12)11(6-13(15)16)14(9)18-7/h3-5H,6H2,1-2H3,(H,15,16). The molecule has 1 N–H and O–H groups in total. The van der Waals surface area contributed by atoms with Gasteiger partial charge in [-0.25, -0.2) is 0 Å². The zero-order valence-corrected chi connectivity index (χ0v) is 10.1. The Morgan fingerprint density at radius 1 is 1.17 bits per heavy atom. The van der Waals surface area contributed by atoms with Gasteiger partial charge in [0.1, 0.15) is 22.7 Å². The molecule has 3 rings (SSSR count). The first-order valence-corrected chi connectivity index (χ1v) is 5.68. The minimum Gasteiger partial charge on any atom is -0.481 e. The van der Waals surface area contributed by atoms with Gasteiger partial charge in [0.25, 0.3) is 0 Å². The predicted octanol–water partition coefficient (Wildman–Crippen LogP) is 3.42. The topological polar surface area (TPSA) is 63.6 Å². The first-order valence-electron chi connectivity index (χ1n) is 5.68. The molecular formula is C14H12O4. The van der Waals surface area contributed by atoms with Crippen molar-refractivity contribution in [1.82, 2.24) is 0 Å². The van der Waals surface area contributed by atoms with Crippen LogP contribution in [-0.4, -0.2) is 11.1 Å². The van der Waals surface area contributed by atoms with Gasteiger partial charge in [0.15, 0.2) is 0 Å². The number of aliphatic carboxylic acids is 1. The fourth-order valence-corrected chi connectivity index (χ4v) is 2.34. The minimum absolute atomic E-state index is 0.0697. The van der Waals surface area contributed by atoms with Crippen molar-refractivity contribution in [2.24, 2.45) is 0 Å². The molecule has 0 atom stereocenters. The highest BCUT2D eigenvalue weighted by Gasteiger charge is 2.16. The number of aryl methyl sites for hydroxylation is 2. The summed E-state index contributed by atoms with van der Waals surface area (Å²) in [6.45, 7) is 3.69.